The first-order valence-electron chi connectivity index (χ1n) is 6.07. The second-order valence-corrected chi connectivity index (χ2v) is 5.75. The van der Waals surface area contributed by atoms with Crippen molar-refractivity contribution in [1.82, 2.24) is 4.90 Å². The van der Waals surface area contributed by atoms with Gasteiger partial charge in [0.2, 0.25) is 0 Å². The number of halogens is 2. The fourth-order valence-corrected chi connectivity index (χ4v) is 1.96. The molecule has 1 fully saturated rings. The standard InChI is InChI=1S/C10H15F2NO7S/c1-2-19-9(15)13-5-3-7(4-6-13)20-8(14)10(11,12)21(16,17)18/h7H,2-6H2,1H3,(H,16,17,18). The SMILES string of the molecule is CCOC(=O)N1CCC(OC(=O)C(F)(F)S(=O)(=O)O)CC1. The lowest BCUT2D eigenvalue weighted by Gasteiger charge is -2.31. The number of carbonyl (C=O) groups excluding carboxylic acids is 2. The van der Waals surface area contributed by atoms with E-state index in [1.54, 1.807) is 6.92 Å². The van der Waals surface area contributed by atoms with Gasteiger partial charge in [-0.2, -0.15) is 17.2 Å². The van der Waals surface area contributed by atoms with Gasteiger partial charge in [-0.05, 0) is 6.92 Å². The third-order valence-corrected chi connectivity index (χ3v) is 3.62. The van der Waals surface area contributed by atoms with Crippen LogP contribution in [0.15, 0.2) is 0 Å². The van der Waals surface area contributed by atoms with E-state index in [0.29, 0.717) is 0 Å². The van der Waals surface area contributed by atoms with E-state index in [9.17, 15) is 26.8 Å². The zero-order valence-electron chi connectivity index (χ0n) is 11.1. The number of carbonyl (C=O) groups is 2. The normalized spacial score (nSPS) is 17.4. The lowest BCUT2D eigenvalue weighted by molar-refractivity contribution is -0.169. The van der Waals surface area contributed by atoms with E-state index >= 15 is 0 Å². The molecule has 0 unspecified atom stereocenters. The van der Waals surface area contributed by atoms with Gasteiger partial charge in [0.25, 0.3) is 0 Å². The fourth-order valence-electron chi connectivity index (χ4n) is 1.70. The van der Waals surface area contributed by atoms with Crippen molar-refractivity contribution in [3.8, 4) is 0 Å². The van der Waals surface area contributed by atoms with Crippen LogP contribution in [0, 0.1) is 0 Å². The summed E-state index contributed by atoms with van der Waals surface area (Å²) in [6, 6.07) is 0. The van der Waals surface area contributed by atoms with Gasteiger partial charge >= 0.3 is 27.4 Å². The minimum atomic E-state index is -5.88. The highest BCUT2D eigenvalue weighted by atomic mass is 32.2. The Kier molecular flexibility index (Phi) is 5.45. The van der Waals surface area contributed by atoms with Gasteiger partial charge < -0.3 is 14.4 Å². The Morgan fingerprint density at radius 1 is 1.33 bits per heavy atom. The Hall–Kier alpha value is -1.49. The quantitative estimate of drug-likeness (QED) is 0.594. The summed E-state index contributed by atoms with van der Waals surface area (Å²) < 4.78 is 64.1. The minimum Gasteiger partial charge on any atom is -0.457 e. The average Bonchev–Trinajstić information content (AvgIpc) is 2.38. The summed E-state index contributed by atoms with van der Waals surface area (Å²) in [4.78, 5) is 23.8. The van der Waals surface area contributed by atoms with Gasteiger partial charge in [0.1, 0.15) is 6.10 Å². The Bertz CT molecular complexity index is 500. The molecule has 0 aromatic rings. The highest BCUT2D eigenvalue weighted by Gasteiger charge is 2.54. The largest absolute Gasteiger partial charge is 0.465 e. The van der Waals surface area contributed by atoms with Crippen molar-refractivity contribution in [2.24, 2.45) is 0 Å². The van der Waals surface area contributed by atoms with Crippen LogP contribution in [0.2, 0.25) is 0 Å². The van der Waals surface area contributed by atoms with Gasteiger partial charge in [0.05, 0.1) is 6.61 Å². The molecule has 0 spiro atoms. The third kappa shape index (κ3) is 4.24. The second-order valence-electron chi connectivity index (χ2n) is 4.28. The summed E-state index contributed by atoms with van der Waals surface area (Å²) in [5.74, 6) is -2.33. The molecule has 0 aromatic carbocycles. The number of rotatable bonds is 4. The number of piperidine rings is 1. The molecule has 0 aliphatic carbocycles. The Morgan fingerprint density at radius 2 is 1.86 bits per heavy atom. The van der Waals surface area contributed by atoms with E-state index in [-0.39, 0.29) is 32.5 Å². The molecule has 0 atom stereocenters. The van der Waals surface area contributed by atoms with E-state index < -0.39 is 33.5 Å². The molecule has 0 saturated carbocycles. The average molecular weight is 331 g/mol. The maximum absolute atomic E-state index is 13.0. The molecule has 1 rings (SSSR count). The third-order valence-electron chi connectivity index (χ3n) is 2.80. The number of alkyl halides is 2. The van der Waals surface area contributed by atoms with Crippen molar-refractivity contribution in [1.29, 1.82) is 0 Å². The van der Waals surface area contributed by atoms with Crippen LogP contribution < -0.4 is 0 Å². The van der Waals surface area contributed by atoms with E-state index in [1.165, 1.54) is 4.90 Å². The van der Waals surface area contributed by atoms with Crippen LogP contribution in [0.3, 0.4) is 0 Å². The maximum Gasteiger partial charge on any atom is 0.465 e. The van der Waals surface area contributed by atoms with Crippen molar-refractivity contribution in [3.05, 3.63) is 0 Å². The van der Waals surface area contributed by atoms with Crippen LogP contribution in [-0.4, -0.2) is 61.0 Å². The summed E-state index contributed by atoms with van der Waals surface area (Å²) in [6.45, 7) is 2.06. The Labute approximate surface area is 119 Å². The van der Waals surface area contributed by atoms with Crippen molar-refractivity contribution in [3.63, 3.8) is 0 Å². The molecule has 0 radical (unpaired) electrons. The maximum atomic E-state index is 13.0. The molecule has 1 heterocycles. The monoisotopic (exact) mass is 331 g/mol. The fraction of sp³-hybridized carbons (Fsp3) is 0.800. The Balaban J connectivity index is 2.53. The smallest absolute Gasteiger partial charge is 0.457 e. The van der Waals surface area contributed by atoms with E-state index in [0.717, 1.165) is 0 Å². The predicted molar refractivity (Wildman–Crippen MR) is 64.2 cm³/mol. The zero-order chi connectivity index (χ0) is 16.3. The molecule has 1 aliphatic rings. The van der Waals surface area contributed by atoms with Crippen LogP contribution in [0.4, 0.5) is 13.6 Å². The summed E-state index contributed by atoms with van der Waals surface area (Å²) in [6.07, 6.45) is -1.40. The van der Waals surface area contributed by atoms with Crippen LogP contribution in [0.5, 0.6) is 0 Å². The molecular formula is C10H15F2NO7S. The number of likely N-dealkylation sites (tertiary alicyclic amines) is 1. The molecule has 0 bridgehead atoms. The minimum absolute atomic E-state index is 0.0616. The number of hydrogen-bond donors (Lipinski definition) is 1. The summed E-state index contributed by atoms with van der Waals surface area (Å²) in [5.41, 5.74) is 0. The van der Waals surface area contributed by atoms with E-state index in [1.807, 2.05) is 0 Å². The van der Waals surface area contributed by atoms with Gasteiger partial charge in [0, 0.05) is 25.9 Å². The van der Waals surface area contributed by atoms with Crippen LogP contribution in [0.25, 0.3) is 0 Å². The molecule has 8 nitrogen and oxygen atoms in total. The first kappa shape index (κ1) is 17.6. The zero-order valence-corrected chi connectivity index (χ0v) is 11.9. The highest BCUT2D eigenvalue weighted by Crippen LogP contribution is 2.25. The Morgan fingerprint density at radius 3 is 2.29 bits per heavy atom. The number of esters is 1. The van der Waals surface area contributed by atoms with Crippen LogP contribution >= 0.6 is 0 Å². The molecule has 122 valence electrons. The number of ether oxygens (including phenoxy) is 2. The molecule has 21 heavy (non-hydrogen) atoms. The van der Waals surface area contributed by atoms with Gasteiger partial charge in [0.15, 0.2) is 0 Å². The molecule has 1 amide bonds. The second kappa shape index (κ2) is 6.52. The predicted octanol–water partition coefficient (Wildman–Crippen LogP) is 0.631. The molecule has 11 heteroatoms. The first-order chi connectivity index (χ1) is 9.59. The van der Waals surface area contributed by atoms with E-state index in [2.05, 4.69) is 4.74 Å². The van der Waals surface area contributed by atoms with Crippen LogP contribution in [0.1, 0.15) is 19.8 Å². The summed E-state index contributed by atoms with van der Waals surface area (Å²) >= 11 is 0. The molecule has 1 N–H and O–H groups in total. The molecular weight excluding hydrogens is 316 g/mol. The molecule has 1 aliphatic heterocycles. The first-order valence-corrected chi connectivity index (χ1v) is 7.51. The van der Waals surface area contributed by atoms with Gasteiger partial charge in [-0.15, -0.1) is 0 Å². The van der Waals surface area contributed by atoms with Crippen molar-refractivity contribution < 1.29 is 40.8 Å². The van der Waals surface area contributed by atoms with Crippen molar-refractivity contribution >= 4 is 22.2 Å². The molecule has 0 aromatic heterocycles. The number of nitrogens with zero attached hydrogens (tertiary/aromatic N) is 1. The lowest BCUT2D eigenvalue weighted by atomic mass is 10.1. The lowest BCUT2D eigenvalue weighted by Crippen LogP contribution is -2.45. The number of hydrogen-bond acceptors (Lipinski definition) is 6. The van der Waals surface area contributed by atoms with Gasteiger partial charge in [-0.25, -0.2) is 9.59 Å². The van der Waals surface area contributed by atoms with Crippen LogP contribution in [-0.2, 0) is 24.4 Å². The van der Waals surface area contributed by atoms with Gasteiger partial charge in [-0.1, -0.05) is 0 Å². The van der Waals surface area contributed by atoms with Crippen molar-refractivity contribution in [2.75, 3.05) is 19.7 Å². The highest BCUT2D eigenvalue weighted by molar-refractivity contribution is 7.87. The summed E-state index contributed by atoms with van der Waals surface area (Å²) in [7, 11) is -5.88. The van der Waals surface area contributed by atoms with Crippen molar-refractivity contribution in [2.45, 2.75) is 31.1 Å². The van der Waals surface area contributed by atoms with Gasteiger partial charge in [-0.3, -0.25) is 4.55 Å². The number of amides is 1. The summed E-state index contributed by atoms with van der Waals surface area (Å²) in [5, 5.41) is -5.01. The molecule has 1 saturated heterocycles. The van der Waals surface area contributed by atoms with E-state index in [4.69, 9.17) is 9.29 Å². The topological polar surface area (TPSA) is 110 Å².